The van der Waals surface area contributed by atoms with E-state index in [-0.39, 0.29) is 0 Å². The second kappa shape index (κ2) is 3.80. The van der Waals surface area contributed by atoms with Crippen molar-refractivity contribution in [3.8, 4) is 0 Å². The SMILES string of the molecule is CC1CC(N2CCC(N)C2C)C(C)O1. The van der Waals surface area contributed by atoms with Crippen LogP contribution in [-0.4, -0.2) is 41.8 Å². The first kappa shape index (κ1) is 10.4. The maximum Gasteiger partial charge on any atom is 0.0706 e. The van der Waals surface area contributed by atoms with E-state index in [0.717, 1.165) is 19.4 Å². The summed E-state index contributed by atoms with van der Waals surface area (Å²) in [7, 11) is 0. The summed E-state index contributed by atoms with van der Waals surface area (Å²) >= 11 is 0. The number of likely N-dealkylation sites (tertiary alicyclic amines) is 1. The van der Waals surface area contributed by atoms with Gasteiger partial charge in [-0.1, -0.05) is 0 Å². The van der Waals surface area contributed by atoms with Gasteiger partial charge in [-0.2, -0.15) is 0 Å². The van der Waals surface area contributed by atoms with Gasteiger partial charge in [0, 0.05) is 24.7 Å². The van der Waals surface area contributed by atoms with Crippen LogP contribution >= 0.6 is 0 Å². The van der Waals surface area contributed by atoms with E-state index in [9.17, 15) is 0 Å². The van der Waals surface area contributed by atoms with E-state index in [1.165, 1.54) is 0 Å². The molecule has 2 aliphatic rings. The minimum atomic E-state index is 0.359. The van der Waals surface area contributed by atoms with E-state index in [1.807, 2.05) is 0 Å². The fourth-order valence-corrected chi connectivity index (χ4v) is 2.91. The maximum absolute atomic E-state index is 6.03. The zero-order valence-electron chi connectivity index (χ0n) is 9.44. The van der Waals surface area contributed by atoms with Gasteiger partial charge in [-0.15, -0.1) is 0 Å². The van der Waals surface area contributed by atoms with Crippen molar-refractivity contribution >= 4 is 0 Å². The molecule has 0 aromatic carbocycles. The van der Waals surface area contributed by atoms with Crippen LogP contribution in [0.2, 0.25) is 0 Å². The van der Waals surface area contributed by atoms with Crippen LogP contribution in [0.1, 0.15) is 33.6 Å². The third-order valence-corrected chi connectivity index (χ3v) is 3.85. The van der Waals surface area contributed by atoms with Crippen molar-refractivity contribution in [1.29, 1.82) is 0 Å². The molecule has 5 unspecified atom stereocenters. The molecule has 0 amide bonds. The molecule has 2 rings (SSSR count). The van der Waals surface area contributed by atoms with Crippen LogP contribution in [0.15, 0.2) is 0 Å². The van der Waals surface area contributed by atoms with Crippen LogP contribution in [0.5, 0.6) is 0 Å². The highest BCUT2D eigenvalue weighted by Gasteiger charge is 2.40. The Morgan fingerprint density at radius 3 is 2.43 bits per heavy atom. The number of hydrogen-bond acceptors (Lipinski definition) is 3. The highest BCUT2D eigenvalue weighted by Crippen LogP contribution is 2.29. The monoisotopic (exact) mass is 198 g/mol. The van der Waals surface area contributed by atoms with Gasteiger partial charge in [-0.3, -0.25) is 4.90 Å². The van der Waals surface area contributed by atoms with Gasteiger partial charge in [0.25, 0.3) is 0 Å². The van der Waals surface area contributed by atoms with Gasteiger partial charge in [-0.25, -0.2) is 0 Å². The summed E-state index contributed by atoms with van der Waals surface area (Å²) in [6.45, 7) is 7.74. The molecular formula is C11H22N2O. The van der Waals surface area contributed by atoms with E-state index < -0.39 is 0 Å². The lowest BCUT2D eigenvalue weighted by Gasteiger charge is -2.31. The molecule has 3 heteroatoms. The lowest BCUT2D eigenvalue weighted by molar-refractivity contribution is 0.0389. The van der Waals surface area contributed by atoms with Crippen molar-refractivity contribution in [2.75, 3.05) is 6.54 Å². The zero-order chi connectivity index (χ0) is 10.3. The first-order chi connectivity index (χ1) is 6.59. The Morgan fingerprint density at radius 2 is 2.00 bits per heavy atom. The molecule has 0 aliphatic carbocycles. The lowest BCUT2D eigenvalue weighted by Crippen LogP contribution is -2.45. The molecule has 5 atom stereocenters. The molecule has 2 heterocycles. The summed E-state index contributed by atoms with van der Waals surface area (Å²) in [5, 5.41) is 0. The minimum Gasteiger partial charge on any atom is -0.374 e. The Kier molecular flexibility index (Phi) is 2.82. The Labute approximate surface area is 86.6 Å². The summed E-state index contributed by atoms with van der Waals surface area (Å²) in [4.78, 5) is 2.54. The fraction of sp³-hybridized carbons (Fsp3) is 1.00. The number of nitrogens with zero attached hydrogens (tertiary/aromatic N) is 1. The molecular weight excluding hydrogens is 176 g/mol. The fourth-order valence-electron chi connectivity index (χ4n) is 2.91. The van der Waals surface area contributed by atoms with Gasteiger partial charge < -0.3 is 10.5 Å². The lowest BCUT2D eigenvalue weighted by atomic mass is 10.1. The Balaban J connectivity index is 2.01. The van der Waals surface area contributed by atoms with Crippen LogP contribution in [0.4, 0.5) is 0 Å². The van der Waals surface area contributed by atoms with Crippen molar-refractivity contribution < 1.29 is 4.74 Å². The van der Waals surface area contributed by atoms with Crippen LogP contribution in [0.25, 0.3) is 0 Å². The average molecular weight is 198 g/mol. The molecule has 0 aromatic heterocycles. The number of ether oxygens (including phenoxy) is 1. The maximum atomic E-state index is 6.03. The number of rotatable bonds is 1. The topological polar surface area (TPSA) is 38.5 Å². The van der Waals surface area contributed by atoms with Gasteiger partial charge in [0.05, 0.1) is 12.2 Å². The molecule has 2 fully saturated rings. The number of hydrogen-bond donors (Lipinski definition) is 1. The largest absolute Gasteiger partial charge is 0.374 e. The van der Waals surface area contributed by atoms with Gasteiger partial charge in [0.1, 0.15) is 0 Å². The molecule has 0 spiro atoms. The summed E-state index contributed by atoms with van der Waals surface area (Å²) < 4.78 is 5.79. The van der Waals surface area contributed by atoms with Gasteiger partial charge >= 0.3 is 0 Å². The second-order valence-corrected chi connectivity index (χ2v) is 4.89. The van der Waals surface area contributed by atoms with Crippen molar-refractivity contribution in [2.45, 2.75) is 63.9 Å². The average Bonchev–Trinajstić information content (AvgIpc) is 2.59. The summed E-state index contributed by atoms with van der Waals surface area (Å²) in [5.41, 5.74) is 6.03. The predicted molar refractivity (Wildman–Crippen MR) is 57.2 cm³/mol. The summed E-state index contributed by atoms with van der Waals surface area (Å²) in [6.07, 6.45) is 3.09. The van der Waals surface area contributed by atoms with Crippen LogP contribution in [0, 0.1) is 0 Å². The molecule has 82 valence electrons. The summed E-state index contributed by atoms with van der Waals surface area (Å²) in [6, 6.07) is 1.48. The molecule has 0 aromatic rings. The molecule has 2 saturated heterocycles. The Hall–Kier alpha value is -0.120. The van der Waals surface area contributed by atoms with Gasteiger partial charge in [0.15, 0.2) is 0 Å². The molecule has 0 radical (unpaired) electrons. The predicted octanol–water partition coefficient (Wildman–Crippen LogP) is 0.974. The smallest absolute Gasteiger partial charge is 0.0706 e. The van der Waals surface area contributed by atoms with Gasteiger partial charge in [-0.05, 0) is 33.6 Å². The second-order valence-electron chi connectivity index (χ2n) is 4.89. The molecule has 0 saturated carbocycles. The first-order valence-corrected chi connectivity index (χ1v) is 5.76. The minimum absolute atomic E-state index is 0.359. The van der Waals surface area contributed by atoms with Crippen LogP contribution < -0.4 is 5.73 Å². The van der Waals surface area contributed by atoms with Gasteiger partial charge in [0.2, 0.25) is 0 Å². The molecule has 2 aliphatic heterocycles. The van der Waals surface area contributed by atoms with Crippen molar-refractivity contribution in [1.82, 2.24) is 4.90 Å². The van der Waals surface area contributed by atoms with Crippen LogP contribution in [0.3, 0.4) is 0 Å². The molecule has 0 bridgehead atoms. The zero-order valence-corrected chi connectivity index (χ0v) is 9.44. The third-order valence-electron chi connectivity index (χ3n) is 3.85. The molecule has 14 heavy (non-hydrogen) atoms. The van der Waals surface area contributed by atoms with E-state index in [4.69, 9.17) is 10.5 Å². The van der Waals surface area contributed by atoms with Crippen LogP contribution in [-0.2, 0) is 4.74 Å². The van der Waals surface area contributed by atoms with Crippen molar-refractivity contribution in [3.63, 3.8) is 0 Å². The Morgan fingerprint density at radius 1 is 1.29 bits per heavy atom. The van der Waals surface area contributed by atoms with E-state index in [2.05, 4.69) is 25.7 Å². The van der Waals surface area contributed by atoms with Crippen molar-refractivity contribution in [2.24, 2.45) is 5.73 Å². The van der Waals surface area contributed by atoms with Crippen molar-refractivity contribution in [3.05, 3.63) is 0 Å². The standard InChI is InChI=1S/C11H22N2O/c1-7-6-11(9(3)14-7)13-5-4-10(12)8(13)2/h7-11H,4-6,12H2,1-3H3. The highest BCUT2D eigenvalue weighted by atomic mass is 16.5. The summed E-state index contributed by atoms with van der Waals surface area (Å²) in [5.74, 6) is 0. The quantitative estimate of drug-likeness (QED) is 0.682. The van der Waals surface area contributed by atoms with E-state index >= 15 is 0 Å². The first-order valence-electron chi connectivity index (χ1n) is 5.76. The highest BCUT2D eigenvalue weighted by molar-refractivity contribution is 4.95. The Bertz CT molecular complexity index is 209. The van der Waals surface area contributed by atoms with E-state index in [0.29, 0.717) is 30.3 Å². The normalized spacial score (nSPS) is 50.1. The molecule has 2 N–H and O–H groups in total. The van der Waals surface area contributed by atoms with E-state index in [1.54, 1.807) is 0 Å². The third kappa shape index (κ3) is 1.69. The molecule has 3 nitrogen and oxygen atoms in total. The number of nitrogens with two attached hydrogens (primary N) is 1.